The van der Waals surface area contributed by atoms with Gasteiger partial charge in [-0.1, -0.05) is 13.8 Å². The molecule has 0 radical (unpaired) electrons. The third-order valence-corrected chi connectivity index (χ3v) is 3.41. The normalized spacial score (nSPS) is 28.4. The van der Waals surface area contributed by atoms with E-state index in [1.165, 1.54) is 0 Å². The predicted molar refractivity (Wildman–Crippen MR) is 74.9 cm³/mol. The first kappa shape index (κ1) is 16.4. The van der Waals surface area contributed by atoms with Crippen molar-refractivity contribution in [3.8, 4) is 0 Å². The molecule has 2 aliphatic rings. The number of likely N-dealkylation sites (N-methyl/N-ethyl adjacent to an activating group) is 1. The minimum atomic E-state index is -0.318. The van der Waals surface area contributed by atoms with Gasteiger partial charge < -0.3 is 9.47 Å². The molecular formula is C14H28N2O3. The molecule has 0 spiro atoms. The van der Waals surface area contributed by atoms with E-state index in [0.717, 1.165) is 39.3 Å². The van der Waals surface area contributed by atoms with E-state index in [9.17, 15) is 4.79 Å². The van der Waals surface area contributed by atoms with Crippen LogP contribution in [0.2, 0.25) is 0 Å². The van der Waals surface area contributed by atoms with Gasteiger partial charge in [0.05, 0.1) is 6.61 Å². The van der Waals surface area contributed by atoms with Crippen LogP contribution in [0.25, 0.3) is 0 Å². The van der Waals surface area contributed by atoms with Crippen LogP contribution in [-0.4, -0.2) is 66.9 Å². The van der Waals surface area contributed by atoms with E-state index in [4.69, 9.17) is 4.74 Å². The number of hydrogen-bond donors (Lipinski definition) is 0. The summed E-state index contributed by atoms with van der Waals surface area (Å²) in [7, 11) is 0. The van der Waals surface area contributed by atoms with E-state index in [2.05, 4.69) is 28.4 Å². The first-order valence-corrected chi connectivity index (χ1v) is 7.09. The summed E-state index contributed by atoms with van der Waals surface area (Å²) in [5, 5.41) is 0. The van der Waals surface area contributed by atoms with Gasteiger partial charge in [0.1, 0.15) is 11.3 Å². The molecule has 0 aromatic heterocycles. The lowest BCUT2D eigenvalue weighted by molar-refractivity contribution is -0.138. The number of ether oxygens (including phenoxy) is 2. The first-order valence-electron chi connectivity index (χ1n) is 7.09. The number of carbonyl (C=O) groups excluding carboxylic acids is 1. The summed E-state index contributed by atoms with van der Waals surface area (Å²) in [6, 6.07) is 0. The zero-order valence-electron chi connectivity index (χ0n) is 12.9. The zero-order chi connectivity index (χ0) is 14.5. The molecular weight excluding hydrogens is 244 g/mol. The predicted octanol–water partition coefficient (Wildman–Crippen LogP) is 1.33. The van der Waals surface area contributed by atoms with E-state index in [-0.39, 0.29) is 11.3 Å². The fourth-order valence-corrected chi connectivity index (χ4v) is 2.17. The van der Waals surface area contributed by atoms with Crippen molar-refractivity contribution >= 4 is 6.47 Å². The highest BCUT2D eigenvalue weighted by atomic mass is 16.6. The van der Waals surface area contributed by atoms with Crippen molar-refractivity contribution in [2.24, 2.45) is 0 Å². The molecule has 112 valence electrons. The highest BCUT2D eigenvalue weighted by Crippen LogP contribution is 2.38. The van der Waals surface area contributed by atoms with Crippen molar-refractivity contribution in [1.29, 1.82) is 0 Å². The zero-order valence-corrected chi connectivity index (χ0v) is 12.9. The molecule has 0 amide bonds. The lowest BCUT2D eigenvalue weighted by atomic mass is 10.2. The second-order valence-electron chi connectivity index (χ2n) is 6.00. The third kappa shape index (κ3) is 5.09. The minimum absolute atomic E-state index is 0.145. The van der Waals surface area contributed by atoms with Crippen LogP contribution in [0.15, 0.2) is 0 Å². The van der Waals surface area contributed by atoms with Crippen LogP contribution in [0.1, 0.15) is 34.6 Å². The summed E-state index contributed by atoms with van der Waals surface area (Å²) >= 11 is 0. The van der Waals surface area contributed by atoms with Gasteiger partial charge in [0, 0.05) is 19.6 Å². The average Bonchev–Trinajstić information content (AvgIpc) is 2.87. The lowest BCUT2D eigenvalue weighted by Crippen LogP contribution is -2.36. The monoisotopic (exact) mass is 272 g/mol. The van der Waals surface area contributed by atoms with Gasteiger partial charge >= 0.3 is 0 Å². The number of fused-ring (bicyclic) bond motifs is 1. The standard InChI is InChI=1S/C9H18N2O.C5H10O2/c1-3-10(4-2)7-9-8-11(9)5-6-12-9;1-5(2,3)7-4-6/h3-8H2,1-2H3;4H,1-3H3. The van der Waals surface area contributed by atoms with Crippen molar-refractivity contribution in [2.45, 2.75) is 45.9 Å². The van der Waals surface area contributed by atoms with E-state index in [1.54, 1.807) is 0 Å². The molecule has 2 aliphatic heterocycles. The maximum Gasteiger partial charge on any atom is 0.293 e. The van der Waals surface area contributed by atoms with E-state index >= 15 is 0 Å². The molecule has 5 nitrogen and oxygen atoms in total. The Morgan fingerprint density at radius 2 is 2.00 bits per heavy atom. The molecule has 2 saturated heterocycles. The van der Waals surface area contributed by atoms with Gasteiger partial charge in [-0.15, -0.1) is 0 Å². The summed E-state index contributed by atoms with van der Waals surface area (Å²) < 4.78 is 10.3. The summed E-state index contributed by atoms with van der Waals surface area (Å²) in [4.78, 5) is 14.5. The number of hydrogen-bond acceptors (Lipinski definition) is 5. The molecule has 0 N–H and O–H groups in total. The Balaban J connectivity index is 0.000000224. The maximum absolute atomic E-state index is 9.60. The molecule has 2 unspecified atom stereocenters. The van der Waals surface area contributed by atoms with Crippen LogP contribution in [0, 0.1) is 0 Å². The van der Waals surface area contributed by atoms with Crippen molar-refractivity contribution in [3.63, 3.8) is 0 Å². The fourth-order valence-electron chi connectivity index (χ4n) is 2.17. The molecule has 2 heterocycles. The molecule has 0 bridgehead atoms. The second-order valence-corrected chi connectivity index (χ2v) is 6.00. The van der Waals surface area contributed by atoms with Crippen LogP contribution >= 0.6 is 0 Å². The van der Waals surface area contributed by atoms with Gasteiger partial charge in [-0.05, 0) is 33.9 Å². The van der Waals surface area contributed by atoms with Gasteiger partial charge in [0.25, 0.3) is 6.47 Å². The largest absolute Gasteiger partial charge is 0.462 e. The molecule has 0 saturated carbocycles. The SMILES string of the molecule is CC(C)(C)OC=O.CCN(CC)CC12CN1CCO2. The second kappa shape index (κ2) is 6.68. The van der Waals surface area contributed by atoms with Crippen LogP contribution in [0.4, 0.5) is 0 Å². The fraction of sp³-hybridized carbons (Fsp3) is 0.929. The Morgan fingerprint density at radius 1 is 1.37 bits per heavy atom. The third-order valence-electron chi connectivity index (χ3n) is 3.41. The first-order chi connectivity index (χ1) is 8.87. The van der Waals surface area contributed by atoms with Gasteiger partial charge in [0.2, 0.25) is 0 Å². The molecule has 2 fully saturated rings. The van der Waals surface area contributed by atoms with Gasteiger partial charge in [-0.2, -0.15) is 0 Å². The molecule has 2 atom stereocenters. The Morgan fingerprint density at radius 3 is 2.26 bits per heavy atom. The van der Waals surface area contributed by atoms with Crippen molar-refractivity contribution in [1.82, 2.24) is 9.80 Å². The maximum atomic E-state index is 9.60. The quantitative estimate of drug-likeness (QED) is 0.558. The Labute approximate surface area is 116 Å². The molecule has 0 aliphatic carbocycles. The summed E-state index contributed by atoms with van der Waals surface area (Å²) in [5.74, 6) is 0. The van der Waals surface area contributed by atoms with Crippen molar-refractivity contribution in [3.05, 3.63) is 0 Å². The van der Waals surface area contributed by atoms with Crippen LogP contribution in [0.5, 0.6) is 0 Å². The Kier molecular flexibility index (Phi) is 5.77. The van der Waals surface area contributed by atoms with Crippen LogP contribution in [-0.2, 0) is 14.3 Å². The van der Waals surface area contributed by atoms with Crippen LogP contribution < -0.4 is 0 Å². The molecule has 5 heteroatoms. The number of carbonyl (C=O) groups is 1. The van der Waals surface area contributed by atoms with Crippen molar-refractivity contribution in [2.75, 3.05) is 39.3 Å². The van der Waals surface area contributed by atoms with E-state index in [0.29, 0.717) is 6.47 Å². The van der Waals surface area contributed by atoms with Crippen LogP contribution in [0.3, 0.4) is 0 Å². The Hall–Kier alpha value is -0.650. The molecule has 0 aromatic rings. The Bertz CT molecular complexity index is 287. The number of rotatable bonds is 5. The van der Waals surface area contributed by atoms with Crippen molar-refractivity contribution < 1.29 is 14.3 Å². The lowest BCUT2D eigenvalue weighted by Gasteiger charge is -2.22. The van der Waals surface area contributed by atoms with Gasteiger partial charge in [-0.25, -0.2) is 0 Å². The van der Waals surface area contributed by atoms with E-state index in [1.807, 2.05) is 20.8 Å². The molecule has 2 rings (SSSR count). The highest BCUT2D eigenvalue weighted by molar-refractivity contribution is 5.37. The summed E-state index contributed by atoms with van der Waals surface area (Å²) in [5.41, 5.74) is -0.173. The summed E-state index contributed by atoms with van der Waals surface area (Å²) in [6.45, 7) is 16.9. The topological polar surface area (TPSA) is 41.8 Å². The minimum Gasteiger partial charge on any atom is -0.462 e. The smallest absolute Gasteiger partial charge is 0.293 e. The van der Waals surface area contributed by atoms with Gasteiger partial charge in [0.15, 0.2) is 0 Å². The van der Waals surface area contributed by atoms with E-state index < -0.39 is 0 Å². The molecule has 0 aromatic carbocycles. The molecule has 19 heavy (non-hydrogen) atoms. The van der Waals surface area contributed by atoms with Gasteiger partial charge in [-0.3, -0.25) is 14.6 Å². The average molecular weight is 272 g/mol. The highest BCUT2D eigenvalue weighted by Gasteiger charge is 2.57. The number of morpholine rings is 1. The summed E-state index contributed by atoms with van der Waals surface area (Å²) in [6.07, 6.45) is 0. The number of nitrogens with zero attached hydrogens (tertiary/aromatic N) is 2.